The first kappa shape index (κ1) is 16.2. The molecule has 0 radical (unpaired) electrons. The van der Waals surface area contributed by atoms with Crippen LogP contribution in [0.3, 0.4) is 0 Å². The van der Waals surface area contributed by atoms with Crippen molar-refractivity contribution in [1.82, 2.24) is 5.32 Å². The van der Waals surface area contributed by atoms with Crippen LogP contribution >= 0.6 is 11.3 Å². The van der Waals surface area contributed by atoms with Gasteiger partial charge in [-0.25, -0.2) is 0 Å². The minimum atomic E-state index is 0.106. The predicted octanol–water partition coefficient (Wildman–Crippen LogP) is 4.43. The number of carbonyl (C=O) groups is 1. The fourth-order valence-corrected chi connectivity index (χ4v) is 3.49. The Bertz CT molecular complexity index is 393. The van der Waals surface area contributed by atoms with Crippen LogP contribution in [-0.4, -0.2) is 12.5 Å². The molecule has 0 aliphatic heterocycles. The molecule has 19 heavy (non-hydrogen) atoms. The van der Waals surface area contributed by atoms with Crippen LogP contribution in [0.25, 0.3) is 0 Å². The van der Waals surface area contributed by atoms with Crippen LogP contribution in [0.4, 0.5) is 0 Å². The van der Waals surface area contributed by atoms with E-state index < -0.39 is 0 Å². The number of thiophene rings is 1. The van der Waals surface area contributed by atoms with Crippen molar-refractivity contribution in [3.63, 3.8) is 0 Å². The maximum Gasteiger partial charge on any atom is 0.261 e. The molecule has 2 nitrogen and oxygen atoms in total. The molecule has 0 unspecified atom stereocenters. The summed E-state index contributed by atoms with van der Waals surface area (Å²) in [5, 5.41) is 3.08. The molecule has 0 aliphatic carbocycles. The summed E-state index contributed by atoms with van der Waals surface area (Å²) in [4.78, 5) is 14.4. The predicted molar refractivity (Wildman–Crippen MR) is 84.1 cm³/mol. The Kier molecular flexibility index (Phi) is 7.14. The first-order chi connectivity index (χ1) is 9.15. The van der Waals surface area contributed by atoms with E-state index in [0.29, 0.717) is 5.92 Å². The highest BCUT2D eigenvalue weighted by atomic mass is 32.1. The van der Waals surface area contributed by atoms with E-state index in [9.17, 15) is 4.79 Å². The summed E-state index contributed by atoms with van der Waals surface area (Å²) >= 11 is 1.67. The van der Waals surface area contributed by atoms with Gasteiger partial charge < -0.3 is 5.32 Å². The summed E-state index contributed by atoms with van der Waals surface area (Å²) < 4.78 is 0. The van der Waals surface area contributed by atoms with Gasteiger partial charge in [0, 0.05) is 11.4 Å². The summed E-state index contributed by atoms with van der Waals surface area (Å²) in [6, 6.07) is 2.08. The number of rotatable bonds is 8. The monoisotopic (exact) mass is 281 g/mol. The number of amides is 1. The molecule has 0 aromatic carbocycles. The lowest BCUT2D eigenvalue weighted by Crippen LogP contribution is -2.28. The van der Waals surface area contributed by atoms with Gasteiger partial charge in [-0.2, -0.15) is 0 Å². The number of carbonyl (C=O) groups excluding carboxylic acids is 1. The van der Waals surface area contributed by atoms with Crippen molar-refractivity contribution in [2.24, 2.45) is 5.92 Å². The summed E-state index contributed by atoms with van der Waals surface area (Å²) in [7, 11) is 0. The van der Waals surface area contributed by atoms with Gasteiger partial charge in [0.05, 0.1) is 4.88 Å². The first-order valence-corrected chi connectivity index (χ1v) is 8.37. The molecule has 0 saturated carbocycles. The van der Waals surface area contributed by atoms with Gasteiger partial charge in [0.15, 0.2) is 0 Å². The van der Waals surface area contributed by atoms with Crippen LogP contribution in [0, 0.1) is 5.92 Å². The molecule has 0 aliphatic rings. The normalized spacial score (nSPS) is 11.0. The van der Waals surface area contributed by atoms with Crippen LogP contribution in [0.1, 0.15) is 67.1 Å². The van der Waals surface area contributed by atoms with Crippen molar-refractivity contribution >= 4 is 17.2 Å². The minimum absolute atomic E-state index is 0.106. The smallest absolute Gasteiger partial charge is 0.261 e. The molecule has 1 amide bonds. The molecule has 1 heterocycles. The highest BCUT2D eigenvalue weighted by molar-refractivity contribution is 7.14. The summed E-state index contributed by atoms with van der Waals surface area (Å²) in [5.74, 6) is 0.707. The SMILES string of the molecule is CCCc1sc(C(=O)NCC(CC)CC)cc1CC. The molecule has 0 saturated heterocycles. The zero-order valence-corrected chi connectivity index (χ0v) is 13.5. The van der Waals surface area contributed by atoms with Gasteiger partial charge in [-0.1, -0.05) is 47.0 Å². The van der Waals surface area contributed by atoms with Gasteiger partial charge in [0.25, 0.3) is 5.91 Å². The Morgan fingerprint density at radius 2 is 1.95 bits per heavy atom. The van der Waals surface area contributed by atoms with Gasteiger partial charge in [0.1, 0.15) is 0 Å². The van der Waals surface area contributed by atoms with E-state index in [-0.39, 0.29) is 5.91 Å². The highest BCUT2D eigenvalue weighted by Gasteiger charge is 2.14. The maximum atomic E-state index is 12.2. The van der Waals surface area contributed by atoms with Crippen molar-refractivity contribution in [3.8, 4) is 0 Å². The molecule has 3 heteroatoms. The Morgan fingerprint density at radius 1 is 1.26 bits per heavy atom. The van der Waals surface area contributed by atoms with Crippen LogP contribution in [0.15, 0.2) is 6.07 Å². The van der Waals surface area contributed by atoms with Crippen LogP contribution in [0.5, 0.6) is 0 Å². The zero-order valence-electron chi connectivity index (χ0n) is 12.7. The van der Waals surface area contributed by atoms with Crippen LogP contribution < -0.4 is 5.32 Å². The standard InChI is InChI=1S/C16H27NOS/c1-5-9-14-13(8-4)10-15(19-14)16(18)17-11-12(6-2)7-3/h10,12H,5-9,11H2,1-4H3,(H,17,18). The second-order valence-electron chi connectivity index (χ2n) is 5.06. The lowest BCUT2D eigenvalue weighted by atomic mass is 10.0. The number of hydrogen-bond donors (Lipinski definition) is 1. The van der Waals surface area contributed by atoms with E-state index >= 15 is 0 Å². The number of nitrogens with one attached hydrogen (secondary N) is 1. The van der Waals surface area contributed by atoms with Crippen LogP contribution in [-0.2, 0) is 12.8 Å². The third-order valence-corrected chi connectivity index (χ3v) is 4.92. The number of hydrogen-bond acceptors (Lipinski definition) is 2. The topological polar surface area (TPSA) is 29.1 Å². The van der Waals surface area contributed by atoms with Crippen molar-refractivity contribution in [2.75, 3.05) is 6.54 Å². The zero-order chi connectivity index (χ0) is 14.3. The summed E-state index contributed by atoms with van der Waals surface area (Å²) in [6.45, 7) is 9.51. The molecule has 0 bridgehead atoms. The Hall–Kier alpha value is -0.830. The molecule has 1 aromatic heterocycles. The minimum Gasteiger partial charge on any atom is -0.351 e. The number of aryl methyl sites for hydroxylation is 2. The Labute approximate surface area is 121 Å². The van der Waals surface area contributed by atoms with Crippen molar-refractivity contribution < 1.29 is 4.79 Å². The van der Waals surface area contributed by atoms with Gasteiger partial charge in [-0.15, -0.1) is 11.3 Å². The third-order valence-electron chi connectivity index (χ3n) is 3.68. The second-order valence-corrected chi connectivity index (χ2v) is 6.19. The first-order valence-electron chi connectivity index (χ1n) is 7.55. The van der Waals surface area contributed by atoms with E-state index in [0.717, 1.165) is 43.5 Å². The fourth-order valence-electron chi connectivity index (χ4n) is 2.22. The highest BCUT2D eigenvalue weighted by Crippen LogP contribution is 2.24. The largest absolute Gasteiger partial charge is 0.351 e. The lowest BCUT2D eigenvalue weighted by molar-refractivity contribution is 0.0950. The van der Waals surface area contributed by atoms with Crippen LogP contribution in [0.2, 0.25) is 0 Å². The third kappa shape index (κ3) is 4.64. The van der Waals surface area contributed by atoms with E-state index in [1.165, 1.54) is 10.4 Å². The van der Waals surface area contributed by atoms with Crippen molar-refractivity contribution in [1.29, 1.82) is 0 Å². The van der Waals surface area contributed by atoms with Gasteiger partial charge in [-0.05, 0) is 30.4 Å². The molecule has 0 fully saturated rings. The van der Waals surface area contributed by atoms with E-state index in [2.05, 4.69) is 39.1 Å². The van der Waals surface area contributed by atoms with Gasteiger partial charge in [-0.3, -0.25) is 4.79 Å². The second kappa shape index (κ2) is 8.36. The molecule has 1 rings (SSSR count). The van der Waals surface area contributed by atoms with E-state index in [1.807, 2.05) is 0 Å². The maximum absolute atomic E-state index is 12.2. The average Bonchev–Trinajstić information content (AvgIpc) is 2.83. The summed E-state index contributed by atoms with van der Waals surface area (Å²) in [6.07, 6.45) is 5.51. The van der Waals surface area contributed by atoms with Crippen molar-refractivity contribution in [2.45, 2.75) is 59.8 Å². The molecule has 1 aromatic rings. The molecule has 0 spiro atoms. The quantitative estimate of drug-likeness (QED) is 0.750. The summed E-state index contributed by atoms with van der Waals surface area (Å²) in [5.41, 5.74) is 1.35. The molecule has 0 atom stereocenters. The lowest BCUT2D eigenvalue weighted by Gasteiger charge is -2.12. The van der Waals surface area contributed by atoms with Gasteiger partial charge >= 0.3 is 0 Å². The molecule has 108 valence electrons. The Morgan fingerprint density at radius 3 is 2.47 bits per heavy atom. The average molecular weight is 281 g/mol. The van der Waals surface area contributed by atoms with Crippen molar-refractivity contribution in [3.05, 3.63) is 21.4 Å². The van der Waals surface area contributed by atoms with E-state index in [4.69, 9.17) is 0 Å². The molecular weight excluding hydrogens is 254 g/mol. The Balaban J connectivity index is 2.66. The molecular formula is C16H27NOS. The van der Waals surface area contributed by atoms with Gasteiger partial charge in [0.2, 0.25) is 0 Å². The fraction of sp³-hybridized carbons (Fsp3) is 0.688. The van der Waals surface area contributed by atoms with E-state index in [1.54, 1.807) is 11.3 Å². The molecule has 1 N–H and O–H groups in total.